The van der Waals surface area contributed by atoms with Crippen molar-refractivity contribution in [2.45, 2.75) is 18.4 Å². The van der Waals surface area contributed by atoms with Crippen LogP contribution in [0.2, 0.25) is 0 Å². The van der Waals surface area contributed by atoms with Gasteiger partial charge >= 0.3 is 0 Å². The van der Waals surface area contributed by atoms with Crippen LogP contribution in [-0.4, -0.2) is 42.2 Å². The molecule has 1 saturated carbocycles. The minimum Gasteiger partial charge on any atom is -0.480 e. The van der Waals surface area contributed by atoms with Gasteiger partial charge in [-0.3, -0.25) is 4.79 Å². The Kier molecular flexibility index (Phi) is 4.97. The van der Waals surface area contributed by atoms with Crippen LogP contribution in [0, 0.1) is 5.82 Å². The number of rotatable bonds is 5. The molecule has 0 saturated heterocycles. The SMILES string of the molecule is C/N=C(/N)O[C@@H]1C[C@@H]1c1cc(NC(=O)c2cnc(OC)cn2)ccc1F. The third-order valence-electron chi connectivity index (χ3n) is 3.95. The van der Waals surface area contributed by atoms with Gasteiger partial charge in [-0.25, -0.2) is 19.4 Å². The van der Waals surface area contributed by atoms with Gasteiger partial charge < -0.3 is 20.5 Å². The Morgan fingerprint density at radius 2 is 2.19 bits per heavy atom. The number of hydrogen-bond donors (Lipinski definition) is 2. The molecule has 1 aliphatic carbocycles. The Labute approximate surface area is 149 Å². The Morgan fingerprint density at radius 3 is 2.85 bits per heavy atom. The second-order valence-electron chi connectivity index (χ2n) is 5.69. The standard InChI is InChI=1S/C17H18FN5O3/c1-20-17(19)26-14-6-11(14)10-5-9(3-4-12(10)18)23-16(24)13-7-22-15(25-2)8-21-13/h3-5,7-8,11,14H,6H2,1-2H3,(H2,19,20)(H,23,24)/t11-,14-/m1/s1. The molecule has 2 aromatic rings. The predicted molar refractivity (Wildman–Crippen MR) is 92.7 cm³/mol. The normalized spacial score (nSPS) is 19.0. The van der Waals surface area contributed by atoms with Gasteiger partial charge in [0.15, 0.2) is 0 Å². The van der Waals surface area contributed by atoms with E-state index in [2.05, 4.69) is 20.3 Å². The molecule has 1 heterocycles. The highest BCUT2D eigenvalue weighted by molar-refractivity contribution is 6.02. The van der Waals surface area contributed by atoms with E-state index in [1.807, 2.05) is 0 Å². The molecule has 0 spiro atoms. The molecule has 3 N–H and O–H groups in total. The maximum Gasteiger partial charge on any atom is 0.281 e. The lowest BCUT2D eigenvalue weighted by atomic mass is 10.1. The minimum atomic E-state index is -0.455. The highest BCUT2D eigenvalue weighted by Crippen LogP contribution is 2.45. The lowest BCUT2D eigenvalue weighted by molar-refractivity contribution is 0.102. The highest BCUT2D eigenvalue weighted by Gasteiger charge is 2.43. The van der Waals surface area contributed by atoms with Gasteiger partial charge in [0.25, 0.3) is 11.9 Å². The summed E-state index contributed by atoms with van der Waals surface area (Å²) in [6, 6.07) is 4.43. The van der Waals surface area contributed by atoms with Crippen molar-refractivity contribution in [1.82, 2.24) is 9.97 Å². The third-order valence-corrected chi connectivity index (χ3v) is 3.95. The first kappa shape index (κ1) is 17.6. The number of nitrogens with two attached hydrogens (primary N) is 1. The Morgan fingerprint density at radius 1 is 1.38 bits per heavy atom. The van der Waals surface area contributed by atoms with Gasteiger partial charge in [-0.2, -0.15) is 0 Å². The largest absolute Gasteiger partial charge is 0.480 e. The van der Waals surface area contributed by atoms with E-state index < -0.39 is 5.91 Å². The van der Waals surface area contributed by atoms with E-state index in [0.717, 1.165) is 0 Å². The monoisotopic (exact) mass is 359 g/mol. The summed E-state index contributed by atoms with van der Waals surface area (Å²) in [6.07, 6.45) is 3.06. The fraction of sp³-hybridized carbons (Fsp3) is 0.294. The van der Waals surface area contributed by atoms with Crippen LogP contribution in [0.3, 0.4) is 0 Å². The van der Waals surface area contributed by atoms with Crippen molar-refractivity contribution < 1.29 is 18.7 Å². The van der Waals surface area contributed by atoms with Crippen LogP contribution in [-0.2, 0) is 4.74 Å². The number of ether oxygens (including phenoxy) is 2. The van der Waals surface area contributed by atoms with Crippen molar-refractivity contribution in [3.05, 3.63) is 47.7 Å². The summed E-state index contributed by atoms with van der Waals surface area (Å²) in [6.45, 7) is 0. The van der Waals surface area contributed by atoms with Gasteiger partial charge in [0, 0.05) is 18.7 Å². The number of nitrogens with one attached hydrogen (secondary N) is 1. The number of halogens is 1. The number of anilines is 1. The van der Waals surface area contributed by atoms with Crippen LogP contribution in [0.5, 0.6) is 5.88 Å². The minimum absolute atomic E-state index is 0.0699. The maximum absolute atomic E-state index is 14.1. The average molecular weight is 359 g/mol. The molecule has 1 aliphatic rings. The van der Waals surface area contributed by atoms with Crippen LogP contribution < -0.4 is 15.8 Å². The molecule has 26 heavy (non-hydrogen) atoms. The topological polar surface area (TPSA) is 112 Å². The van der Waals surface area contributed by atoms with Crippen LogP contribution in [0.25, 0.3) is 0 Å². The molecule has 2 atom stereocenters. The number of amidine groups is 1. The Bertz CT molecular complexity index is 841. The third kappa shape index (κ3) is 3.88. The van der Waals surface area contributed by atoms with E-state index in [1.165, 1.54) is 38.7 Å². The number of carbonyl (C=O) groups is 1. The van der Waals surface area contributed by atoms with Gasteiger partial charge in [-0.15, -0.1) is 0 Å². The zero-order valence-corrected chi connectivity index (χ0v) is 14.3. The van der Waals surface area contributed by atoms with Crippen molar-refractivity contribution in [3.63, 3.8) is 0 Å². The number of aromatic nitrogens is 2. The van der Waals surface area contributed by atoms with Gasteiger partial charge in [0.05, 0.1) is 19.5 Å². The van der Waals surface area contributed by atoms with Gasteiger partial charge in [-0.05, 0) is 30.2 Å². The van der Waals surface area contributed by atoms with Gasteiger partial charge in [0.2, 0.25) is 5.88 Å². The predicted octanol–water partition coefficient (Wildman–Crippen LogP) is 1.69. The molecule has 1 aromatic heterocycles. The van der Waals surface area contributed by atoms with E-state index >= 15 is 0 Å². The molecule has 1 aromatic carbocycles. The molecular formula is C17H18FN5O3. The van der Waals surface area contributed by atoms with Crippen molar-refractivity contribution in [1.29, 1.82) is 0 Å². The molecule has 136 valence electrons. The summed E-state index contributed by atoms with van der Waals surface area (Å²) in [5, 5.41) is 2.67. The first-order valence-electron chi connectivity index (χ1n) is 7.87. The molecule has 9 heteroatoms. The van der Waals surface area contributed by atoms with Crippen molar-refractivity contribution in [3.8, 4) is 5.88 Å². The fourth-order valence-electron chi connectivity index (χ4n) is 2.48. The summed E-state index contributed by atoms with van der Waals surface area (Å²) in [4.78, 5) is 23.9. The second kappa shape index (κ2) is 7.34. The van der Waals surface area contributed by atoms with Crippen molar-refractivity contribution in [2.24, 2.45) is 10.7 Å². The summed E-state index contributed by atoms with van der Waals surface area (Å²) >= 11 is 0. The molecule has 0 radical (unpaired) electrons. The number of aliphatic imine (C=N–C) groups is 1. The highest BCUT2D eigenvalue weighted by atomic mass is 19.1. The van der Waals surface area contributed by atoms with Crippen LogP contribution >= 0.6 is 0 Å². The molecule has 0 aliphatic heterocycles. The number of nitrogens with zero attached hydrogens (tertiary/aromatic N) is 3. The summed E-state index contributed by atoms with van der Waals surface area (Å²) in [7, 11) is 2.98. The van der Waals surface area contributed by atoms with Crippen LogP contribution in [0.4, 0.5) is 10.1 Å². The zero-order valence-electron chi connectivity index (χ0n) is 14.3. The summed E-state index contributed by atoms with van der Waals surface area (Å²) in [5.41, 5.74) is 6.56. The lowest BCUT2D eigenvalue weighted by Gasteiger charge is -2.09. The molecule has 1 fully saturated rings. The summed E-state index contributed by atoms with van der Waals surface area (Å²) in [5.74, 6) is -0.646. The van der Waals surface area contributed by atoms with E-state index in [4.69, 9.17) is 15.2 Å². The van der Waals surface area contributed by atoms with E-state index in [-0.39, 0.29) is 29.6 Å². The lowest BCUT2D eigenvalue weighted by Crippen LogP contribution is -2.18. The first-order valence-corrected chi connectivity index (χ1v) is 7.87. The van der Waals surface area contributed by atoms with Crippen LogP contribution in [0.15, 0.2) is 35.6 Å². The molecule has 3 rings (SSSR count). The number of benzene rings is 1. The number of hydrogen-bond acceptors (Lipinski definition) is 6. The average Bonchev–Trinajstić information content (AvgIpc) is 3.41. The summed E-state index contributed by atoms with van der Waals surface area (Å²) < 4.78 is 24.4. The molecular weight excluding hydrogens is 341 g/mol. The van der Waals surface area contributed by atoms with E-state index in [1.54, 1.807) is 6.07 Å². The van der Waals surface area contributed by atoms with Gasteiger partial charge in [0.1, 0.15) is 17.6 Å². The Balaban J connectivity index is 1.70. The van der Waals surface area contributed by atoms with Crippen LogP contribution in [0.1, 0.15) is 28.4 Å². The quantitative estimate of drug-likeness (QED) is 0.621. The van der Waals surface area contributed by atoms with Crippen molar-refractivity contribution in [2.75, 3.05) is 19.5 Å². The smallest absolute Gasteiger partial charge is 0.281 e. The maximum atomic E-state index is 14.1. The second-order valence-corrected chi connectivity index (χ2v) is 5.69. The number of methoxy groups -OCH3 is 1. The molecule has 8 nitrogen and oxygen atoms in total. The van der Waals surface area contributed by atoms with E-state index in [9.17, 15) is 9.18 Å². The molecule has 1 amide bonds. The van der Waals surface area contributed by atoms with Gasteiger partial charge in [-0.1, -0.05) is 0 Å². The van der Waals surface area contributed by atoms with E-state index in [0.29, 0.717) is 23.6 Å². The van der Waals surface area contributed by atoms with Crippen molar-refractivity contribution >= 4 is 17.6 Å². The Hall–Kier alpha value is -3.23. The molecule has 0 bridgehead atoms. The number of carbonyl (C=O) groups excluding carboxylic acids is 1. The molecule has 0 unspecified atom stereocenters. The first-order chi connectivity index (χ1) is 12.5. The zero-order chi connectivity index (χ0) is 18.7. The number of amides is 1. The fourth-order valence-corrected chi connectivity index (χ4v) is 2.48.